The van der Waals surface area contributed by atoms with Crippen LogP contribution in [-0.4, -0.2) is 31.1 Å². The molecule has 0 fully saturated rings. The molecule has 0 heterocycles. The molecule has 146 valence electrons. The van der Waals surface area contributed by atoms with Crippen molar-refractivity contribution in [1.82, 2.24) is 16.0 Å². The van der Waals surface area contributed by atoms with E-state index in [0.29, 0.717) is 24.3 Å². The fraction of sp³-hybridized carbons (Fsp3) is 0.391. The first-order valence-electron chi connectivity index (χ1n) is 9.88. The number of urea groups is 1. The third-order valence-electron chi connectivity index (χ3n) is 6.17. The van der Waals surface area contributed by atoms with Gasteiger partial charge >= 0.3 is 6.03 Å². The molecular weight excluding hydrogens is 350 g/mol. The van der Waals surface area contributed by atoms with Gasteiger partial charge in [0.2, 0.25) is 5.91 Å². The summed E-state index contributed by atoms with van der Waals surface area (Å²) < 4.78 is 0. The molecule has 1 unspecified atom stereocenters. The van der Waals surface area contributed by atoms with Crippen LogP contribution >= 0.6 is 0 Å². The first kappa shape index (κ1) is 18.5. The average Bonchev–Trinajstić information content (AvgIpc) is 2.71. The highest BCUT2D eigenvalue weighted by Crippen LogP contribution is 2.55. The number of hydrogen-bond donors (Lipinski definition) is 3. The Morgan fingerprint density at radius 1 is 0.964 bits per heavy atom. The lowest BCUT2D eigenvalue weighted by atomic mass is 9.59. The Morgan fingerprint density at radius 3 is 2.04 bits per heavy atom. The molecule has 5 heteroatoms. The molecule has 5 nitrogen and oxygen atoms in total. The Morgan fingerprint density at radius 2 is 1.50 bits per heavy atom. The molecule has 0 saturated carbocycles. The molecule has 28 heavy (non-hydrogen) atoms. The van der Waals surface area contributed by atoms with Gasteiger partial charge in [0, 0.05) is 25.4 Å². The Balaban J connectivity index is 1.55. The summed E-state index contributed by atoms with van der Waals surface area (Å²) >= 11 is 0. The van der Waals surface area contributed by atoms with Gasteiger partial charge < -0.3 is 16.0 Å². The molecular formula is C23H27N3O2. The maximum absolute atomic E-state index is 12.7. The van der Waals surface area contributed by atoms with Gasteiger partial charge in [-0.3, -0.25) is 4.79 Å². The monoisotopic (exact) mass is 377 g/mol. The highest BCUT2D eigenvalue weighted by molar-refractivity contribution is 5.90. The molecule has 0 aliphatic heterocycles. The minimum absolute atomic E-state index is 0.167. The molecule has 5 rings (SSSR count). The SMILES string of the molecule is CNC(=O)NC(C)(C)C(=O)NCC1CC2c3ccccc3C1c1ccccc12. The van der Waals surface area contributed by atoms with Gasteiger partial charge in [-0.15, -0.1) is 0 Å². The lowest BCUT2D eigenvalue weighted by Gasteiger charge is -2.45. The molecule has 3 amide bonds. The second kappa shape index (κ2) is 6.97. The number of carbonyl (C=O) groups is 2. The fourth-order valence-electron chi connectivity index (χ4n) is 4.81. The van der Waals surface area contributed by atoms with Crippen molar-refractivity contribution < 1.29 is 9.59 Å². The summed E-state index contributed by atoms with van der Waals surface area (Å²) in [6.07, 6.45) is 1.03. The fourth-order valence-corrected chi connectivity index (χ4v) is 4.81. The van der Waals surface area contributed by atoms with Crippen molar-refractivity contribution in [1.29, 1.82) is 0 Å². The Kier molecular flexibility index (Phi) is 4.61. The van der Waals surface area contributed by atoms with Crippen LogP contribution in [0.25, 0.3) is 0 Å². The highest BCUT2D eigenvalue weighted by atomic mass is 16.2. The average molecular weight is 377 g/mol. The van der Waals surface area contributed by atoms with Gasteiger partial charge in [-0.2, -0.15) is 0 Å². The number of nitrogens with one attached hydrogen (secondary N) is 3. The number of amides is 3. The van der Waals surface area contributed by atoms with Gasteiger partial charge in [-0.1, -0.05) is 48.5 Å². The molecule has 0 spiro atoms. The Bertz CT molecular complexity index is 874. The smallest absolute Gasteiger partial charge is 0.315 e. The molecule has 2 aromatic rings. The summed E-state index contributed by atoms with van der Waals surface area (Å²) in [5.41, 5.74) is 4.66. The summed E-state index contributed by atoms with van der Waals surface area (Å²) in [7, 11) is 1.54. The van der Waals surface area contributed by atoms with Crippen LogP contribution < -0.4 is 16.0 Å². The largest absolute Gasteiger partial charge is 0.354 e. The van der Waals surface area contributed by atoms with Crippen molar-refractivity contribution in [2.24, 2.45) is 5.92 Å². The third kappa shape index (κ3) is 3.05. The second-order valence-corrected chi connectivity index (χ2v) is 8.32. The number of carbonyl (C=O) groups excluding carboxylic acids is 2. The predicted molar refractivity (Wildman–Crippen MR) is 109 cm³/mol. The quantitative estimate of drug-likeness (QED) is 0.766. The zero-order chi connectivity index (χ0) is 19.9. The number of hydrogen-bond acceptors (Lipinski definition) is 2. The highest BCUT2D eigenvalue weighted by Gasteiger charge is 2.43. The van der Waals surface area contributed by atoms with Gasteiger partial charge in [0.05, 0.1) is 0 Å². The van der Waals surface area contributed by atoms with Crippen molar-refractivity contribution in [2.75, 3.05) is 13.6 Å². The summed E-state index contributed by atoms with van der Waals surface area (Å²) in [4.78, 5) is 24.3. The minimum Gasteiger partial charge on any atom is -0.354 e. The zero-order valence-electron chi connectivity index (χ0n) is 16.6. The van der Waals surface area contributed by atoms with Crippen LogP contribution in [0.3, 0.4) is 0 Å². The molecule has 2 aromatic carbocycles. The number of rotatable bonds is 4. The molecule has 3 N–H and O–H groups in total. The first-order chi connectivity index (χ1) is 13.4. The second-order valence-electron chi connectivity index (χ2n) is 8.32. The van der Waals surface area contributed by atoms with Gasteiger partial charge in [0.15, 0.2) is 0 Å². The topological polar surface area (TPSA) is 70.2 Å². The Hall–Kier alpha value is -2.82. The van der Waals surface area contributed by atoms with Crippen molar-refractivity contribution in [3.8, 4) is 0 Å². The third-order valence-corrected chi connectivity index (χ3v) is 6.17. The number of benzene rings is 2. The van der Waals surface area contributed by atoms with E-state index in [2.05, 4.69) is 64.5 Å². The Labute approximate surface area is 165 Å². The van der Waals surface area contributed by atoms with E-state index in [1.165, 1.54) is 29.3 Å². The van der Waals surface area contributed by atoms with Gasteiger partial charge in [0.1, 0.15) is 5.54 Å². The van der Waals surface area contributed by atoms with Crippen LogP contribution in [0.1, 0.15) is 54.4 Å². The van der Waals surface area contributed by atoms with Crippen LogP contribution in [-0.2, 0) is 4.79 Å². The maximum atomic E-state index is 12.7. The first-order valence-corrected chi connectivity index (χ1v) is 9.88. The van der Waals surface area contributed by atoms with Crippen molar-refractivity contribution in [2.45, 2.75) is 37.6 Å². The van der Waals surface area contributed by atoms with Crippen LogP contribution in [0.5, 0.6) is 0 Å². The van der Waals surface area contributed by atoms with Crippen LogP contribution in [0.4, 0.5) is 4.79 Å². The van der Waals surface area contributed by atoms with E-state index in [1.54, 1.807) is 13.8 Å². The van der Waals surface area contributed by atoms with E-state index >= 15 is 0 Å². The molecule has 2 bridgehead atoms. The molecule has 1 atom stereocenters. The van der Waals surface area contributed by atoms with E-state index < -0.39 is 5.54 Å². The van der Waals surface area contributed by atoms with E-state index in [4.69, 9.17) is 0 Å². The molecule has 0 saturated heterocycles. The van der Waals surface area contributed by atoms with Gasteiger partial charge in [-0.05, 0) is 48.4 Å². The molecule has 0 aromatic heterocycles. The normalized spacial score (nSPS) is 22.0. The standard InChI is InChI=1S/C23H27N3O2/c1-23(2,26-22(28)24-3)21(27)25-13-14-12-19-15-8-4-6-10-17(15)20(14)18-11-7-5-9-16(18)19/h4-11,14,19-20H,12-13H2,1-3H3,(H,25,27)(H2,24,26,28). The van der Waals surface area contributed by atoms with Crippen molar-refractivity contribution in [3.63, 3.8) is 0 Å². The van der Waals surface area contributed by atoms with Gasteiger partial charge in [-0.25, -0.2) is 4.79 Å². The summed E-state index contributed by atoms with van der Waals surface area (Å²) in [6.45, 7) is 4.03. The summed E-state index contributed by atoms with van der Waals surface area (Å²) in [5, 5.41) is 8.28. The van der Waals surface area contributed by atoms with Crippen molar-refractivity contribution in [3.05, 3.63) is 70.8 Å². The number of fused-ring (bicyclic) bond motifs is 1. The zero-order valence-corrected chi connectivity index (χ0v) is 16.6. The molecule has 3 aliphatic carbocycles. The van der Waals surface area contributed by atoms with E-state index in [-0.39, 0.29) is 11.9 Å². The van der Waals surface area contributed by atoms with E-state index in [1.807, 2.05) is 0 Å². The molecule has 0 radical (unpaired) electrons. The minimum atomic E-state index is -0.969. The molecule has 3 aliphatic rings. The summed E-state index contributed by atoms with van der Waals surface area (Å²) in [6, 6.07) is 17.0. The van der Waals surface area contributed by atoms with E-state index in [9.17, 15) is 9.59 Å². The van der Waals surface area contributed by atoms with Crippen LogP contribution in [0, 0.1) is 5.92 Å². The van der Waals surface area contributed by atoms with E-state index in [0.717, 1.165) is 6.42 Å². The van der Waals surface area contributed by atoms with Crippen molar-refractivity contribution >= 4 is 11.9 Å². The summed E-state index contributed by atoms with van der Waals surface area (Å²) in [5.74, 6) is 0.859. The maximum Gasteiger partial charge on any atom is 0.315 e. The van der Waals surface area contributed by atoms with Crippen LogP contribution in [0.15, 0.2) is 48.5 Å². The lowest BCUT2D eigenvalue weighted by molar-refractivity contribution is -0.126. The van der Waals surface area contributed by atoms with Crippen LogP contribution in [0.2, 0.25) is 0 Å². The lowest BCUT2D eigenvalue weighted by Crippen LogP contribution is -2.57. The van der Waals surface area contributed by atoms with Gasteiger partial charge in [0.25, 0.3) is 0 Å². The predicted octanol–water partition coefficient (Wildman–Crippen LogP) is 3.11.